The smallest absolute Gasteiger partial charge is 0.122 e. The first kappa shape index (κ1) is 14.9. The van der Waals surface area contributed by atoms with Crippen LogP contribution in [0.3, 0.4) is 0 Å². The summed E-state index contributed by atoms with van der Waals surface area (Å²) in [6.45, 7) is 4.57. The summed E-state index contributed by atoms with van der Waals surface area (Å²) in [5.41, 5.74) is 0.871. The highest BCUT2D eigenvalue weighted by molar-refractivity contribution is 9.10. The number of hydrogen-bond acceptors (Lipinski definition) is 2. The fraction of sp³-hybridized carbons (Fsp3) is 0.625. The Labute approximate surface area is 124 Å². The first-order valence-electron chi connectivity index (χ1n) is 6.88. The molecule has 1 fully saturated rings. The Morgan fingerprint density at radius 1 is 1.21 bits per heavy atom. The van der Waals surface area contributed by atoms with Crippen LogP contribution < -0.4 is 4.74 Å². The topological polar surface area (TPSA) is 29.5 Å². The third-order valence-electron chi connectivity index (χ3n) is 4.30. The number of methoxy groups -OCH3 is 1. The maximum atomic E-state index is 10.8. The second kappa shape index (κ2) is 5.45. The summed E-state index contributed by atoms with van der Waals surface area (Å²) in [4.78, 5) is 0. The lowest BCUT2D eigenvalue weighted by Gasteiger charge is -2.40. The van der Waals surface area contributed by atoms with Crippen LogP contribution in [0.5, 0.6) is 5.75 Å². The minimum atomic E-state index is -0.580. The van der Waals surface area contributed by atoms with Crippen LogP contribution >= 0.6 is 15.9 Å². The molecular formula is C16H23BrO2. The molecule has 0 bridgehead atoms. The monoisotopic (exact) mass is 326 g/mol. The van der Waals surface area contributed by atoms with E-state index in [0.29, 0.717) is 11.8 Å². The third kappa shape index (κ3) is 3.73. The van der Waals surface area contributed by atoms with Crippen LogP contribution in [0.25, 0.3) is 0 Å². The van der Waals surface area contributed by atoms with E-state index in [0.717, 1.165) is 41.5 Å². The maximum absolute atomic E-state index is 10.8. The minimum Gasteiger partial charge on any atom is -0.496 e. The maximum Gasteiger partial charge on any atom is 0.122 e. The van der Waals surface area contributed by atoms with E-state index in [4.69, 9.17) is 4.74 Å². The molecule has 0 saturated heterocycles. The molecule has 0 atom stereocenters. The Hall–Kier alpha value is -0.540. The van der Waals surface area contributed by atoms with Crippen molar-refractivity contribution in [3.05, 3.63) is 28.2 Å². The van der Waals surface area contributed by atoms with Gasteiger partial charge >= 0.3 is 0 Å². The van der Waals surface area contributed by atoms with Gasteiger partial charge in [0.2, 0.25) is 0 Å². The molecule has 1 saturated carbocycles. The number of rotatable bonds is 3. The van der Waals surface area contributed by atoms with Crippen LogP contribution in [0, 0.1) is 5.41 Å². The van der Waals surface area contributed by atoms with Crippen LogP contribution in [0.15, 0.2) is 22.7 Å². The first-order valence-corrected chi connectivity index (χ1v) is 7.68. The fourth-order valence-corrected chi connectivity index (χ4v) is 3.22. The van der Waals surface area contributed by atoms with Crippen molar-refractivity contribution in [1.29, 1.82) is 0 Å². The normalized spacial score (nSPS) is 21.1. The van der Waals surface area contributed by atoms with Gasteiger partial charge in [-0.1, -0.05) is 29.8 Å². The molecule has 1 aromatic rings. The van der Waals surface area contributed by atoms with E-state index in [1.54, 1.807) is 7.11 Å². The number of benzene rings is 1. The highest BCUT2D eigenvalue weighted by Crippen LogP contribution is 2.42. The van der Waals surface area contributed by atoms with Crippen molar-refractivity contribution >= 4 is 15.9 Å². The molecule has 0 aromatic heterocycles. The molecule has 1 N–H and O–H groups in total. The van der Waals surface area contributed by atoms with Crippen LogP contribution in [0.2, 0.25) is 0 Å². The summed E-state index contributed by atoms with van der Waals surface area (Å²) in [6, 6.07) is 5.97. The van der Waals surface area contributed by atoms with Gasteiger partial charge in [-0.05, 0) is 54.9 Å². The molecule has 106 valence electrons. The summed E-state index contributed by atoms with van der Waals surface area (Å²) in [5.74, 6) is 0.862. The summed E-state index contributed by atoms with van der Waals surface area (Å²) in [5, 5.41) is 10.8. The van der Waals surface area contributed by atoms with Crippen molar-refractivity contribution in [2.75, 3.05) is 7.11 Å². The quantitative estimate of drug-likeness (QED) is 0.895. The molecule has 0 amide bonds. The lowest BCUT2D eigenvalue weighted by molar-refractivity contribution is -0.0254. The Kier molecular flexibility index (Phi) is 4.26. The fourth-order valence-electron chi connectivity index (χ4n) is 2.81. The van der Waals surface area contributed by atoms with E-state index < -0.39 is 5.60 Å². The lowest BCUT2D eigenvalue weighted by atomic mass is 9.69. The van der Waals surface area contributed by atoms with E-state index in [9.17, 15) is 5.11 Å². The number of hydrogen-bond donors (Lipinski definition) is 1. The minimum absolute atomic E-state index is 0.369. The van der Waals surface area contributed by atoms with Gasteiger partial charge in [0.05, 0.1) is 12.7 Å². The summed E-state index contributed by atoms with van der Waals surface area (Å²) in [7, 11) is 1.68. The van der Waals surface area contributed by atoms with Crippen LogP contribution in [0.1, 0.15) is 45.1 Å². The van der Waals surface area contributed by atoms with Gasteiger partial charge in [-0.15, -0.1) is 0 Å². The number of halogens is 1. The molecule has 0 heterocycles. The lowest BCUT2D eigenvalue weighted by Crippen LogP contribution is -2.38. The summed E-state index contributed by atoms with van der Waals surface area (Å²) < 4.78 is 6.43. The van der Waals surface area contributed by atoms with Gasteiger partial charge in [0.25, 0.3) is 0 Å². The molecule has 3 heteroatoms. The third-order valence-corrected chi connectivity index (χ3v) is 4.79. The van der Waals surface area contributed by atoms with Gasteiger partial charge in [-0.25, -0.2) is 0 Å². The number of ether oxygens (including phenoxy) is 1. The molecule has 2 nitrogen and oxygen atoms in total. The van der Waals surface area contributed by atoms with Crippen LogP contribution in [-0.2, 0) is 6.42 Å². The average Bonchev–Trinajstić information content (AvgIpc) is 2.34. The van der Waals surface area contributed by atoms with Crippen molar-refractivity contribution in [2.45, 2.75) is 51.6 Å². The zero-order chi connectivity index (χ0) is 14.1. The molecule has 1 aromatic carbocycles. The van der Waals surface area contributed by atoms with Crippen molar-refractivity contribution in [3.8, 4) is 5.75 Å². The van der Waals surface area contributed by atoms with Gasteiger partial charge in [-0.3, -0.25) is 0 Å². The van der Waals surface area contributed by atoms with Crippen LogP contribution in [-0.4, -0.2) is 17.8 Å². The summed E-state index contributed by atoms with van der Waals surface area (Å²) in [6.07, 6.45) is 4.58. The van der Waals surface area contributed by atoms with Crippen molar-refractivity contribution in [2.24, 2.45) is 5.41 Å². The highest BCUT2D eigenvalue weighted by atomic mass is 79.9. The van der Waals surface area contributed by atoms with Crippen molar-refractivity contribution in [3.63, 3.8) is 0 Å². The average molecular weight is 327 g/mol. The summed E-state index contributed by atoms with van der Waals surface area (Å²) >= 11 is 3.49. The van der Waals surface area contributed by atoms with E-state index in [1.165, 1.54) is 0 Å². The Balaban J connectivity index is 2.15. The standard InChI is InChI=1S/C16H23BrO2/c1-15(2)6-8-16(18,9-7-15)11-12-10-13(17)4-5-14(12)19-3/h4-5,10,18H,6-9,11H2,1-3H3. The van der Waals surface area contributed by atoms with E-state index >= 15 is 0 Å². The SMILES string of the molecule is COc1ccc(Br)cc1CC1(O)CCC(C)(C)CC1. The van der Waals surface area contributed by atoms with Gasteiger partial charge in [0.15, 0.2) is 0 Å². The second-order valence-corrected chi connectivity index (χ2v) is 7.44. The molecular weight excluding hydrogens is 304 g/mol. The first-order chi connectivity index (χ1) is 8.84. The Morgan fingerprint density at radius 2 is 1.84 bits per heavy atom. The molecule has 19 heavy (non-hydrogen) atoms. The molecule has 0 unspecified atom stereocenters. The largest absolute Gasteiger partial charge is 0.496 e. The molecule has 2 rings (SSSR count). The van der Waals surface area contributed by atoms with Crippen LogP contribution in [0.4, 0.5) is 0 Å². The van der Waals surface area contributed by atoms with E-state index in [-0.39, 0.29) is 0 Å². The molecule has 0 aliphatic heterocycles. The Morgan fingerprint density at radius 3 is 2.42 bits per heavy atom. The van der Waals surface area contributed by atoms with E-state index in [1.807, 2.05) is 12.1 Å². The molecule has 1 aliphatic rings. The van der Waals surface area contributed by atoms with Gasteiger partial charge < -0.3 is 9.84 Å². The van der Waals surface area contributed by atoms with E-state index in [2.05, 4.69) is 35.8 Å². The predicted octanol–water partition coefficient (Wildman–Crippen LogP) is 4.33. The zero-order valence-corrected chi connectivity index (χ0v) is 13.6. The number of aliphatic hydroxyl groups is 1. The van der Waals surface area contributed by atoms with Gasteiger partial charge in [0.1, 0.15) is 5.75 Å². The van der Waals surface area contributed by atoms with Gasteiger partial charge in [-0.2, -0.15) is 0 Å². The van der Waals surface area contributed by atoms with Crippen molar-refractivity contribution < 1.29 is 9.84 Å². The van der Waals surface area contributed by atoms with Gasteiger partial charge in [0, 0.05) is 10.9 Å². The highest BCUT2D eigenvalue weighted by Gasteiger charge is 2.37. The predicted molar refractivity (Wildman–Crippen MR) is 81.6 cm³/mol. The molecule has 0 radical (unpaired) electrons. The molecule has 1 aliphatic carbocycles. The Bertz CT molecular complexity index is 444. The molecule has 0 spiro atoms. The van der Waals surface area contributed by atoms with Crippen molar-refractivity contribution in [1.82, 2.24) is 0 Å². The second-order valence-electron chi connectivity index (χ2n) is 6.52. The zero-order valence-electron chi connectivity index (χ0n) is 12.0.